The minimum Gasteiger partial charge on any atom is -0.473 e. The summed E-state index contributed by atoms with van der Waals surface area (Å²) in [5.74, 6) is 0.581. The lowest BCUT2D eigenvalue weighted by Crippen LogP contribution is -2.53. The Morgan fingerprint density at radius 3 is 2.57 bits per heavy atom. The zero-order valence-corrected chi connectivity index (χ0v) is 13.6. The van der Waals surface area contributed by atoms with Gasteiger partial charge in [0.2, 0.25) is 5.88 Å². The van der Waals surface area contributed by atoms with Crippen LogP contribution in [0.3, 0.4) is 0 Å². The maximum atomic E-state index is 12.3. The van der Waals surface area contributed by atoms with Crippen LogP contribution in [0.5, 0.6) is 5.88 Å². The summed E-state index contributed by atoms with van der Waals surface area (Å²) in [5, 5.41) is 3.17. The summed E-state index contributed by atoms with van der Waals surface area (Å²) in [6.07, 6.45) is 8.85. The summed E-state index contributed by atoms with van der Waals surface area (Å²) >= 11 is 0. The van der Waals surface area contributed by atoms with Crippen LogP contribution in [0.4, 0.5) is 4.79 Å². The first-order chi connectivity index (χ1) is 11.2. The van der Waals surface area contributed by atoms with E-state index in [0.29, 0.717) is 5.88 Å². The van der Waals surface area contributed by atoms with Crippen molar-refractivity contribution in [3.05, 3.63) is 18.6 Å². The summed E-state index contributed by atoms with van der Waals surface area (Å²) in [7, 11) is 2.09. The molecule has 1 aliphatic heterocycles. The molecule has 1 aromatic rings. The molecule has 1 aromatic heterocycles. The van der Waals surface area contributed by atoms with Crippen molar-refractivity contribution in [1.29, 1.82) is 0 Å². The molecule has 2 fully saturated rings. The Bertz CT molecular complexity index is 496. The highest BCUT2D eigenvalue weighted by molar-refractivity contribution is 5.74. The van der Waals surface area contributed by atoms with Gasteiger partial charge in [-0.25, -0.2) is 9.78 Å². The largest absolute Gasteiger partial charge is 0.473 e. The Kier molecular flexibility index (Phi) is 5.27. The van der Waals surface area contributed by atoms with Crippen LogP contribution in [0.1, 0.15) is 25.7 Å². The second-order valence-corrected chi connectivity index (χ2v) is 6.37. The van der Waals surface area contributed by atoms with E-state index < -0.39 is 0 Å². The van der Waals surface area contributed by atoms with Crippen molar-refractivity contribution in [2.75, 3.05) is 33.2 Å². The molecule has 2 heterocycles. The molecular formula is C16H25N5O2. The monoisotopic (exact) mass is 319 g/mol. The second-order valence-electron chi connectivity index (χ2n) is 6.37. The topological polar surface area (TPSA) is 70.6 Å². The molecule has 1 aliphatic carbocycles. The quantitative estimate of drug-likeness (QED) is 0.904. The number of urea groups is 1. The number of likely N-dealkylation sites (N-methyl/N-ethyl adjacent to an activating group) is 1. The van der Waals surface area contributed by atoms with Gasteiger partial charge in [-0.3, -0.25) is 4.98 Å². The second kappa shape index (κ2) is 7.59. The fourth-order valence-corrected chi connectivity index (χ4v) is 3.12. The van der Waals surface area contributed by atoms with E-state index in [0.717, 1.165) is 51.9 Å². The molecule has 0 bridgehead atoms. The average molecular weight is 319 g/mol. The van der Waals surface area contributed by atoms with Crippen LogP contribution in [0.15, 0.2) is 18.6 Å². The Morgan fingerprint density at radius 2 is 1.91 bits per heavy atom. The Balaban J connectivity index is 1.40. The van der Waals surface area contributed by atoms with Gasteiger partial charge in [0.25, 0.3) is 0 Å². The molecule has 0 unspecified atom stereocenters. The molecule has 1 saturated heterocycles. The van der Waals surface area contributed by atoms with Gasteiger partial charge in [0.15, 0.2) is 0 Å². The minimum atomic E-state index is 0.0800. The number of rotatable bonds is 3. The maximum Gasteiger partial charge on any atom is 0.317 e. The molecule has 7 nitrogen and oxygen atoms in total. The molecule has 0 radical (unpaired) electrons. The van der Waals surface area contributed by atoms with Crippen LogP contribution in [-0.2, 0) is 0 Å². The fourth-order valence-electron chi connectivity index (χ4n) is 3.12. The maximum absolute atomic E-state index is 12.3. The van der Waals surface area contributed by atoms with Crippen molar-refractivity contribution in [2.24, 2.45) is 0 Å². The molecule has 2 amide bonds. The van der Waals surface area contributed by atoms with Gasteiger partial charge < -0.3 is 19.9 Å². The number of hydrogen-bond acceptors (Lipinski definition) is 5. The lowest BCUT2D eigenvalue weighted by molar-refractivity contribution is 0.124. The third-order valence-electron chi connectivity index (χ3n) is 4.62. The van der Waals surface area contributed by atoms with Gasteiger partial charge in [0.05, 0.1) is 6.20 Å². The molecule has 0 atom stereocenters. The zero-order valence-electron chi connectivity index (χ0n) is 13.6. The van der Waals surface area contributed by atoms with E-state index in [4.69, 9.17) is 4.74 Å². The summed E-state index contributed by atoms with van der Waals surface area (Å²) in [5.41, 5.74) is 0. The van der Waals surface area contributed by atoms with E-state index in [1.807, 2.05) is 4.90 Å². The highest BCUT2D eigenvalue weighted by Crippen LogP contribution is 2.22. The van der Waals surface area contributed by atoms with Crippen LogP contribution < -0.4 is 10.1 Å². The third kappa shape index (κ3) is 4.54. The molecule has 2 aliphatic rings. The predicted octanol–water partition coefficient (Wildman–Crippen LogP) is 1.12. The Hall–Kier alpha value is -1.89. The van der Waals surface area contributed by atoms with Crippen molar-refractivity contribution >= 4 is 6.03 Å². The van der Waals surface area contributed by atoms with Gasteiger partial charge in [0.1, 0.15) is 6.10 Å². The SMILES string of the molecule is CN1CCN(C(=O)NC2CCC(Oc3cnccn3)CC2)CC1. The Morgan fingerprint density at radius 1 is 1.17 bits per heavy atom. The van der Waals surface area contributed by atoms with E-state index in [1.54, 1.807) is 18.6 Å². The van der Waals surface area contributed by atoms with Crippen molar-refractivity contribution in [2.45, 2.75) is 37.8 Å². The lowest BCUT2D eigenvalue weighted by Gasteiger charge is -2.35. The molecule has 1 N–H and O–H groups in total. The third-order valence-corrected chi connectivity index (χ3v) is 4.62. The highest BCUT2D eigenvalue weighted by Gasteiger charge is 2.26. The van der Waals surface area contributed by atoms with E-state index in [2.05, 4.69) is 27.2 Å². The van der Waals surface area contributed by atoms with Gasteiger partial charge in [-0.2, -0.15) is 0 Å². The van der Waals surface area contributed by atoms with Crippen LogP contribution in [0.2, 0.25) is 0 Å². The summed E-state index contributed by atoms with van der Waals surface area (Å²) in [6, 6.07) is 0.334. The predicted molar refractivity (Wildman–Crippen MR) is 86.3 cm³/mol. The van der Waals surface area contributed by atoms with E-state index in [-0.39, 0.29) is 18.2 Å². The smallest absolute Gasteiger partial charge is 0.317 e. The van der Waals surface area contributed by atoms with Gasteiger partial charge in [-0.05, 0) is 32.7 Å². The van der Waals surface area contributed by atoms with Gasteiger partial charge in [-0.15, -0.1) is 0 Å². The molecule has 0 aromatic carbocycles. The molecule has 0 spiro atoms. The van der Waals surface area contributed by atoms with E-state index in [9.17, 15) is 4.79 Å². The van der Waals surface area contributed by atoms with Crippen LogP contribution in [0.25, 0.3) is 0 Å². The van der Waals surface area contributed by atoms with Gasteiger partial charge in [0, 0.05) is 44.6 Å². The fraction of sp³-hybridized carbons (Fsp3) is 0.688. The molecule has 126 valence electrons. The number of aromatic nitrogens is 2. The highest BCUT2D eigenvalue weighted by atomic mass is 16.5. The molecule has 7 heteroatoms. The van der Waals surface area contributed by atoms with E-state index >= 15 is 0 Å². The number of carbonyl (C=O) groups is 1. The number of carbonyl (C=O) groups excluding carboxylic acids is 1. The molecular weight excluding hydrogens is 294 g/mol. The molecule has 3 rings (SSSR count). The molecule has 23 heavy (non-hydrogen) atoms. The van der Waals surface area contributed by atoms with Gasteiger partial charge in [-0.1, -0.05) is 0 Å². The average Bonchev–Trinajstić information content (AvgIpc) is 2.58. The number of nitrogens with zero attached hydrogens (tertiary/aromatic N) is 4. The number of hydrogen-bond donors (Lipinski definition) is 1. The van der Waals surface area contributed by atoms with E-state index in [1.165, 1.54) is 0 Å². The zero-order chi connectivity index (χ0) is 16.1. The van der Waals surface area contributed by atoms with Crippen LogP contribution >= 0.6 is 0 Å². The first-order valence-corrected chi connectivity index (χ1v) is 8.37. The van der Waals surface area contributed by atoms with Crippen molar-refractivity contribution in [1.82, 2.24) is 25.1 Å². The summed E-state index contributed by atoms with van der Waals surface area (Å²) in [4.78, 5) is 24.6. The number of amides is 2. The van der Waals surface area contributed by atoms with Crippen molar-refractivity contribution < 1.29 is 9.53 Å². The minimum absolute atomic E-state index is 0.0800. The number of ether oxygens (including phenoxy) is 1. The molecule has 1 saturated carbocycles. The lowest BCUT2D eigenvalue weighted by atomic mass is 9.93. The first kappa shape index (κ1) is 16.0. The normalized spacial score (nSPS) is 25.9. The summed E-state index contributed by atoms with van der Waals surface area (Å²) in [6.45, 7) is 3.53. The Labute approximate surface area is 137 Å². The number of piperazine rings is 1. The van der Waals surface area contributed by atoms with Gasteiger partial charge >= 0.3 is 6.03 Å². The van der Waals surface area contributed by atoms with Crippen LogP contribution in [-0.4, -0.2) is 71.2 Å². The first-order valence-electron chi connectivity index (χ1n) is 8.37. The number of nitrogens with one attached hydrogen (secondary N) is 1. The van der Waals surface area contributed by atoms with Crippen LogP contribution in [0, 0.1) is 0 Å². The summed E-state index contributed by atoms with van der Waals surface area (Å²) < 4.78 is 5.83. The van der Waals surface area contributed by atoms with Crippen molar-refractivity contribution in [3.63, 3.8) is 0 Å². The van der Waals surface area contributed by atoms with Crippen molar-refractivity contribution in [3.8, 4) is 5.88 Å². The standard InChI is InChI=1S/C16H25N5O2/c1-20-8-10-21(11-9-20)16(22)19-13-2-4-14(5-3-13)23-15-12-17-6-7-18-15/h6-7,12-14H,2-5,8-11H2,1H3,(H,19,22).